The number of hydrogen-bond donors (Lipinski definition) is 1. The zero-order chi connectivity index (χ0) is 20.1. The van der Waals surface area contributed by atoms with E-state index in [0.717, 1.165) is 28.0 Å². The average Bonchev–Trinajstić information content (AvgIpc) is 2.69. The van der Waals surface area contributed by atoms with E-state index < -0.39 is 0 Å². The number of carbonyl (C=O) groups excluding carboxylic acids is 1. The minimum absolute atomic E-state index is 0.0972. The SMILES string of the molecule is CCOc1ccc(C(=O)N[C@H](c2ccccc2)c2ccc(C)cc2C)cc1C. The van der Waals surface area contributed by atoms with Crippen molar-refractivity contribution >= 4 is 5.91 Å². The molecule has 0 aliphatic carbocycles. The van der Waals surface area contributed by atoms with Crippen molar-refractivity contribution in [3.63, 3.8) is 0 Å². The molecule has 0 heterocycles. The molecular formula is C25H27NO2. The summed E-state index contributed by atoms with van der Waals surface area (Å²) in [6, 6.07) is 21.8. The van der Waals surface area contributed by atoms with Gasteiger partial charge in [0.2, 0.25) is 0 Å². The van der Waals surface area contributed by atoms with Crippen molar-refractivity contribution in [2.75, 3.05) is 6.61 Å². The Labute approximate surface area is 167 Å². The monoisotopic (exact) mass is 373 g/mol. The molecule has 1 N–H and O–H groups in total. The molecule has 0 aliphatic heterocycles. The van der Waals surface area contributed by atoms with Gasteiger partial charge < -0.3 is 10.1 Å². The van der Waals surface area contributed by atoms with E-state index in [1.165, 1.54) is 5.56 Å². The van der Waals surface area contributed by atoms with Crippen LogP contribution in [0.15, 0.2) is 66.7 Å². The highest BCUT2D eigenvalue weighted by molar-refractivity contribution is 5.95. The standard InChI is InChI=1S/C25H27NO2/c1-5-28-23-14-12-21(16-19(23)4)25(27)26-24(20-9-7-6-8-10-20)22-13-11-17(2)15-18(22)3/h6-16,24H,5H2,1-4H3,(H,26,27)/t24-/m1/s1. The van der Waals surface area contributed by atoms with Crippen LogP contribution in [0.3, 0.4) is 0 Å². The molecule has 144 valence electrons. The summed E-state index contributed by atoms with van der Waals surface area (Å²) in [6.07, 6.45) is 0. The van der Waals surface area contributed by atoms with Gasteiger partial charge in [0.15, 0.2) is 0 Å². The van der Waals surface area contributed by atoms with Gasteiger partial charge in [0.1, 0.15) is 5.75 Å². The van der Waals surface area contributed by atoms with Crippen molar-refractivity contribution in [3.8, 4) is 5.75 Å². The molecule has 0 saturated heterocycles. The molecule has 0 saturated carbocycles. The Hall–Kier alpha value is -3.07. The molecule has 0 aliphatic rings. The first-order valence-electron chi connectivity index (χ1n) is 9.66. The van der Waals surface area contributed by atoms with Crippen molar-refractivity contribution < 1.29 is 9.53 Å². The van der Waals surface area contributed by atoms with Gasteiger partial charge in [-0.2, -0.15) is 0 Å². The summed E-state index contributed by atoms with van der Waals surface area (Å²) in [5, 5.41) is 3.23. The van der Waals surface area contributed by atoms with E-state index >= 15 is 0 Å². The van der Waals surface area contributed by atoms with Gasteiger partial charge in [-0.05, 0) is 68.1 Å². The molecule has 3 nitrogen and oxygen atoms in total. The molecule has 3 heteroatoms. The topological polar surface area (TPSA) is 38.3 Å². The lowest BCUT2D eigenvalue weighted by Crippen LogP contribution is -2.30. The molecule has 0 radical (unpaired) electrons. The van der Waals surface area contributed by atoms with Gasteiger partial charge in [-0.3, -0.25) is 4.79 Å². The lowest BCUT2D eigenvalue weighted by atomic mass is 9.93. The summed E-state index contributed by atoms with van der Waals surface area (Å²) in [5.74, 6) is 0.716. The van der Waals surface area contributed by atoms with E-state index in [9.17, 15) is 4.79 Å². The lowest BCUT2D eigenvalue weighted by Gasteiger charge is -2.22. The van der Waals surface area contributed by atoms with Crippen molar-refractivity contribution in [1.29, 1.82) is 0 Å². The summed E-state index contributed by atoms with van der Waals surface area (Å²) in [6.45, 7) is 8.69. The Morgan fingerprint density at radius 1 is 0.929 bits per heavy atom. The fraction of sp³-hybridized carbons (Fsp3) is 0.240. The van der Waals surface area contributed by atoms with Gasteiger partial charge in [0.05, 0.1) is 12.6 Å². The molecule has 0 fully saturated rings. The lowest BCUT2D eigenvalue weighted by molar-refractivity contribution is 0.0943. The summed E-state index contributed by atoms with van der Waals surface area (Å²) in [4.78, 5) is 13.0. The first-order valence-corrected chi connectivity index (χ1v) is 9.66. The molecule has 3 rings (SSSR count). The number of hydrogen-bond acceptors (Lipinski definition) is 2. The van der Waals surface area contributed by atoms with Crippen LogP contribution in [-0.4, -0.2) is 12.5 Å². The molecular weight excluding hydrogens is 346 g/mol. The number of benzene rings is 3. The Balaban J connectivity index is 1.93. The molecule has 0 aromatic heterocycles. The van der Waals surface area contributed by atoms with Crippen LogP contribution in [0.1, 0.15) is 51.1 Å². The second-order valence-corrected chi connectivity index (χ2v) is 7.09. The van der Waals surface area contributed by atoms with Crippen LogP contribution in [0, 0.1) is 20.8 Å². The molecule has 28 heavy (non-hydrogen) atoms. The summed E-state index contributed by atoms with van der Waals surface area (Å²) >= 11 is 0. The largest absolute Gasteiger partial charge is 0.494 e. The molecule has 3 aromatic rings. The van der Waals surface area contributed by atoms with Gasteiger partial charge in [-0.15, -0.1) is 0 Å². The van der Waals surface area contributed by atoms with E-state index in [1.807, 2.05) is 62.4 Å². The zero-order valence-corrected chi connectivity index (χ0v) is 17.0. The van der Waals surface area contributed by atoms with Gasteiger partial charge >= 0.3 is 0 Å². The number of carbonyl (C=O) groups is 1. The van der Waals surface area contributed by atoms with Crippen LogP contribution in [-0.2, 0) is 0 Å². The second-order valence-electron chi connectivity index (χ2n) is 7.09. The van der Waals surface area contributed by atoms with E-state index in [1.54, 1.807) is 0 Å². The number of amides is 1. The predicted octanol–water partition coefficient (Wildman–Crippen LogP) is 5.53. The van der Waals surface area contributed by atoms with Gasteiger partial charge in [0, 0.05) is 5.56 Å². The zero-order valence-electron chi connectivity index (χ0n) is 17.0. The molecule has 1 atom stereocenters. The average molecular weight is 373 g/mol. The van der Waals surface area contributed by atoms with Gasteiger partial charge in [-0.1, -0.05) is 54.1 Å². The predicted molar refractivity (Wildman–Crippen MR) is 114 cm³/mol. The maximum Gasteiger partial charge on any atom is 0.252 e. The third kappa shape index (κ3) is 4.42. The Bertz CT molecular complexity index is 964. The molecule has 3 aromatic carbocycles. The van der Waals surface area contributed by atoms with Gasteiger partial charge in [-0.25, -0.2) is 0 Å². The number of ether oxygens (including phenoxy) is 1. The third-order valence-electron chi connectivity index (χ3n) is 4.88. The molecule has 0 spiro atoms. The summed E-state index contributed by atoms with van der Waals surface area (Å²) < 4.78 is 5.59. The minimum atomic E-state index is -0.207. The normalized spacial score (nSPS) is 11.7. The number of rotatable bonds is 6. The maximum atomic E-state index is 13.0. The highest BCUT2D eigenvalue weighted by Crippen LogP contribution is 2.27. The smallest absolute Gasteiger partial charge is 0.252 e. The molecule has 1 amide bonds. The number of aryl methyl sites for hydroxylation is 3. The third-order valence-corrected chi connectivity index (χ3v) is 4.88. The highest BCUT2D eigenvalue weighted by atomic mass is 16.5. The fourth-order valence-electron chi connectivity index (χ4n) is 3.46. The highest BCUT2D eigenvalue weighted by Gasteiger charge is 2.20. The quantitative estimate of drug-likeness (QED) is 0.617. The van der Waals surface area contributed by atoms with Crippen LogP contribution in [0.2, 0.25) is 0 Å². The first kappa shape index (κ1) is 19.7. The Morgan fingerprint density at radius 2 is 1.68 bits per heavy atom. The van der Waals surface area contributed by atoms with Gasteiger partial charge in [0.25, 0.3) is 5.91 Å². The van der Waals surface area contributed by atoms with Crippen LogP contribution >= 0.6 is 0 Å². The Morgan fingerprint density at radius 3 is 2.32 bits per heavy atom. The number of nitrogens with one attached hydrogen (secondary N) is 1. The van der Waals surface area contributed by atoms with E-state index in [2.05, 4.69) is 37.4 Å². The minimum Gasteiger partial charge on any atom is -0.494 e. The van der Waals surface area contributed by atoms with Crippen LogP contribution < -0.4 is 10.1 Å². The summed E-state index contributed by atoms with van der Waals surface area (Å²) in [5.41, 5.74) is 6.13. The van der Waals surface area contributed by atoms with Crippen molar-refractivity contribution in [3.05, 3.63) is 100 Å². The van der Waals surface area contributed by atoms with Crippen molar-refractivity contribution in [2.45, 2.75) is 33.7 Å². The van der Waals surface area contributed by atoms with Crippen LogP contribution in [0.5, 0.6) is 5.75 Å². The molecule has 0 bridgehead atoms. The van der Waals surface area contributed by atoms with Crippen molar-refractivity contribution in [2.24, 2.45) is 0 Å². The van der Waals surface area contributed by atoms with E-state index in [-0.39, 0.29) is 11.9 Å². The van der Waals surface area contributed by atoms with Crippen LogP contribution in [0.25, 0.3) is 0 Å². The van der Waals surface area contributed by atoms with Crippen LogP contribution in [0.4, 0.5) is 0 Å². The Kier molecular flexibility index (Phi) is 6.15. The fourth-order valence-corrected chi connectivity index (χ4v) is 3.46. The van der Waals surface area contributed by atoms with Crippen molar-refractivity contribution in [1.82, 2.24) is 5.32 Å². The second kappa shape index (κ2) is 8.75. The van der Waals surface area contributed by atoms with E-state index in [4.69, 9.17) is 4.74 Å². The molecule has 0 unspecified atom stereocenters. The maximum absolute atomic E-state index is 13.0. The summed E-state index contributed by atoms with van der Waals surface area (Å²) in [7, 11) is 0. The first-order chi connectivity index (χ1) is 13.5. The van der Waals surface area contributed by atoms with E-state index in [0.29, 0.717) is 12.2 Å².